The first kappa shape index (κ1) is 13.8. The van der Waals surface area contributed by atoms with Gasteiger partial charge >= 0.3 is 0 Å². The van der Waals surface area contributed by atoms with Gasteiger partial charge in [0.1, 0.15) is 0 Å². The van der Waals surface area contributed by atoms with Gasteiger partial charge in [-0.2, -0.15) is 0 Å². The van der Waals surface area contributed by atoms with Crippen molar-refractivity contribution in [3.8, 4) is 0 Å². The molecule has 1 amide bonds. The van der Waals surface area contributed by atoms with Crippen molar-refractivity contribution in [2.24, 2.45) is 16.8 Å². The van der Waals surface area contributed by atoms with E-state index < -0.39 is 5.92 Å². The van der Waals surface area contributed by atoms with E-state index in [-0.39, 0.29) is 11.7 Å². The number of amidine groups is 1. The van der Waals surface area contributed by atoms with Crippen molar-refractivity contribution in [1.29, 1.82) is 0 Å². The number of nitrogens with zero attached hydrogens (tertiary/aromatic N) is 2. The topological polar surface area (TPSA) is 78.9 Å². The maximum Gasteiger partial charge on any atom is 0.233 e. The van der Waals surface area contributed by atoms with Crippen LogP contribution in [0.15, 0.2) is 5.16 Å². The molecular weight excluding hydrogens is 218 g/mol. The molecule has 98 valence electrons. The monoisotopic (exact) mass is 241 g/mol. The van der Waals surface area contributed by atoms with Crippen LogP contribution in [-0.2, 0) is 4.79 Å². The predicted molar refractivity (Wildman–Crippen MR) is 66.8 cm³/mol. The highest BCUT2D eigenvalue weighted by molar-refractivity contribution is 6.01. The number of amides is 1. The quantitative estimate of drug-likeness (QED) is 0.259. The van der Waals surface area contributed by atoms with Crippen LogP contribution in [0, 0.1) is 5.92 Å². The van der Waals surface area contributed by atoms with E-state index in [4.69, 9.17) is 10.9 Å². The fourth-order valence-electron chi connectivity index (χ4n) is 2.34. The van der Waals surface area contributed by atoms with E-state index in [1.54, 1.807) is 11.8 Å². The Morgan fingerprint density at radius 2 is 1.88 bits per heavy atom. The molecule has 1 fully saturated rings. The molecule has 0 bridgehead atoms. The third-order valence-electron chi connectivity index (χ3n) is 3.65. The zero-order chi connectivity index (χ0) is 12.8. The van der Waals surface area contributed by atoms with Crippen molar-refractivity contribution < 1.29 is 10.0 Å². The molecule has 0 aromatic rings. The molecule has 0 saturated heterocycles. The van der Waals surface area contributed by atoms with E-state index in [1.807, 2.05) is 7.05 Å². The third kappa shape index (κ3) is 3.61. The second kappa shape index (κ2) is 6.47. The number of oxime groups is 1. The van der Waals surface area contributed by atoms with Gasteiger partial charge in [0.25, 0.3) is 0 Å². The predicted octanol–water partition coefficient (Wildman–Crippen LogP) is 1.55. The Hall–Kier alpha value is -1.26. The summed E-state index contributed by atoms with van der Waals surface area (Å²) in [4.78, 5) is 13.9. The van der Waals surface area contributed by atoms with E-state index in [2.05, 4.69) is 5.16 Å². The number of hydrogen-bond acceptors (Lipinski definition) is 3. The lowest BCUT2D eigenvalue weighted by Crippen LogP contribution is -2.43. The molecule has 0 aromatic carbocycles. The summed E-state index contributed by atoms with van der Waals surface area (Å²) in [6.45, 7) is 1.67. The molecule has 0 spiro atoms. The molecule has 0 aromatic heterocycles. The van der Waals surface area contributed by atoms with Crippen LogP contribution >= 0.6 is 0 Å². The summed E-state index contributed by atoms with van der Waals surface area (Å²) in [5, 5.41) is 11.5. The standard InChI is InChI=1S/C12H23N3O2/c1-9(11(13)14-17)12(16)15(2)10-7-5-3-4-6-8-10/h9-10,17H,3-8H2,1-2H3,(H2,13,14). The van der Waals surface area contributed by atoms with Gasteiger partial charge in [0.2, 0.25) is 5.91 Å². The van der Waals surface area contributed by atoms with Gasteiger partial charge in [-0.15, -0.1) is 0 Å². The number of nitrogens with two attached hydrogens (primary N) is 1. The van der Waals surface area contributed by atoms with Crippen LogP contribution in [0.25, 0.3) is 0 Å². The van der Waals surface area contributed by atoms with Gasteiger partial charge in [0, 0.05) is 13.1 Å². The lowest BCUT2D eigenvalue weighted by Gasteiger charge is -2.29. The molecule has 1 rings (SSSR count). The Kier molecular flexibility index (Phi) is 5.25. The van der Waals surface area contributed by atoms with E-state index in [1.165, 1.54) is 25.7 Å². The molecule has 1 atom stereocenters. The summed E-state index contributed by atoms with van der Waals surface area (Å²) in [6, 6.07) is 0.305. The van der Waals surface area contributed by atoms with Crippen LogP contribution < -0.4 is 5.73 Å². The van der Waals surface area contributed by atoms with Crippen LogP contribution in [0.5, 0.6) is 0 Å². The summed E-state index contributed by atoms with van der Waals surface area (Å²) in [5.41, 5.74) is 5.47. The summed E-state index contributed by atoms with van der Waals surface area (Å²) in [7, 11) is 1.82. The number of hydrogen-bond donors (Lipinski definition) is 2. The smallest absolute Gasteiger partial charge is 0.233 e. The third-order valence-corrected chi connectivity index (χ3v) is 3.65. The molecule has 0 radical (unpaired) electrons. The second-order valence-electron chi connectivity index (χ2n) is 4.84. The molecule has 3 N–H and O–H groups in total. The van der Waals surface area contributed by atoms with Crippen molar-refractivity contribution in [2.75, 3.05) is 7.05 Å². The Morgan fingerprint density at radius 3 is 2.35 bits per heavy atom. The zero-order valence-corrected chi connectivity index (χ0v) is 10.7. The molecule has 1 aliphatic rings. The minimum Gasteiger partial charge on any atom is -0.409 e. The molecule has 1 saturated carbocycles. The highest BCUT2D eigenvalue weighted by atomic mass is 16.4. The lowest BCUT2D eigenvalue weighted by molar-refractivity contribution is -0.134. The first-order chi connectivity index (χ1) is 8.07. The SMILES string of the molecule is CC(C(=O)N(C)C1CCCCCC1)/C(N)=N/O. The Balaban J connectivity index is 2.61. The van der Waals surface area contributed by atoms with Gasteiger partial charge in [0.15, 0.2) is 5.84 Å². The van der Waals surface area contributed by atoms with Gasteiger partial charge < -0.3 is 15.8 Å². The number of rotatable bonds is 3. The van der Waals surface area contributed by atoms with Gasteiger partial charge in [-0.3, -0.25) is 4.79 Å². The maximum absolute atomic E-state index is 12.1. The average Bonchev–Trinajstić information content (AvgIpc) is 2.63. The van der Waals surface area contributed by atoms with Gasteiger partial charge in [-0.25, -0.2) is 0 Å². The van der Waals surface area contributed by atoms with Crippen molar-refractivity contribution in [1.82, 2.24) is 4.90 Å². The van der Waals surface area contributed by atoms with E-state index in [0.717, 1.165) is 12.8 Å². The number of carbonyl (C=O) groups excluding carboxylic acids is 1. The fraction of sp³-hybridized carbons (Fsp3) is 0.833. The molecule has 0 heterocycles. The van der Waals surface area contributed by atoms with E-state index in [9.17, 15) is 4.79 Å². The first-order valence-corrected chi connectivity index (χ1v) is 6.32. The molecule has 5 nitrogen and oxygen atoms in total. The number of carbonyl (C=O) groups is 1. The minimum absolute atomic E-state index is 0.0181. The van der Waals surface area contributed by atoms with Gasteiger partial charge in [-0.1, -0.05) is 30.8 Å². The largest absolute Gasteiger partial charge is 0.409 e. The van der Waals surface area contributed by atoms with Crippen molar-refractivity contribution in [3.05, 3.63) is 0 Å². The van der Waals surface area contributed by atoms with Crippen molar-refractivity contribution >= 4 is 11.7 Å². The van der Waals surface area contributed by atoms with Crippen molar-refractivity contribution in [2.45, 2.75) is 51.5 Å². The summed E-state index contributed by atoms with van der Waals surface area (Å²) >= 11 is 0. The lowest BCUT2D eigenvalue weighted by atomic mass is 10.0. The summed E-state index contributed by atoms with van der Waals surface area (Å²) in [6.07, 6.45) is 7.00. The second-order valence-corrected chi connectivity index (χ2v) is 4.84. The zero-order valence-electron chi connectivity index (χ0n) is 10.7. The first-order valence-electron chi connectivity index (χ1n) is 6.32. The van der Waals surface area contributed by atoms with Crippen molar-refractivity contribution in [3.63, 3.8) is 0 Å². The highest BCUT2D eigenvalue weighted by Crippen LogP contribution is 2.22. The summed E-state index contributed by atoms with van der Waals surface area (Å²) in [5.74, 6) is -0.629. The summed E-state index contributed by atoms with van der Waals surface area (Å²) < 4.78 is 0. The molecular formula is C12H23N3O2. The van der Waals surface area contributed by atoms with Crippen LogP contribution in [0.2, 0.25) is 0 Å². The van der Waals surface area contributed by atoms with E-state index >= 15 is 0 Å². The Bertz CT molecular complexity index is 283. The molecule has 0 aliphatic heterocycles. The van der Waals surface area contributed by atoms with Crippen LogP contribution in [0.4, 0.5) is 0 Å². The molecule has 1 aliphatic carbocycles. The minimum atomic E-state index is -0.548. The highest BCUT2D eigenvalue weighted by Gasteiger charge is 2.26. The normalized spacial score (nSPS) is 20.7. The molecule has 1 unspecified atom stereocenters. The Labute approximate surface area is 103 Å². The van der Waals surface area contributed by atoms with Gasteiger partial charge in [-0.05, 0) is 19.8 Å². The Morgan fingerprint density at radius 1 is 1.35 bits per heavy atom. The van der Waals surface area contributed by atoms with E-state index in [0.29, 0.717) is 6.04 Å². The van der Waals surface area contributed by atoms with Crippen LogP contribution in [0.1, 0.15) is 45.4 Å². The molecule has 5 heteroatoms. The van der Waals surface area contributed by atoms with Crippen LogP contribution in [0.3, 0.4) is 0 Å². The molecule has 17 heavy (non-hydrogen) atoms. The fourth-order valence-corrected chi connectivity index (χ4v) is 2.34. The maximum atomic E-state index is 12.1. The van der Waals surface area contributed by atoms with Crippen LogP contribution in [-0.4, -0.2) is 34.9 Å². The average molecular weight is 241 g/mol. The van der Waals surface area contributed by atoms with Gasteiger partial charge in [0.05, 0.1) is 5.92 Å².